The van der Waals surface area contributed by atoms with Gasteiger partial charge >= 0.3 is 0 Å². The third kappa shape index (κ3) is 5.94. The molecule has 0 radical (unpaired) electrons. The number of hydrogen-bond acceptors (Lipinski definition) is 3. The van der Waals surface area contributed by atoms with Crippen LogP contribution in [0.4, 0.5) is 0 Å². The molecule has 1 aromatic rings. The summed E-state index contributed by atoms with van der Waals surface area (Å²) < 4.78 is 27.3. The number of nitrogens with two attached hydrogens (primary N) is 1. The largest absolute Gasteiger partial charge is 0.326 e. The van der Waals surface area contributed by atoms with E-state index in [1.54, 1.807) is 6.07 Å². The molecule has 0 spiro atoms. The SMILES string of the molecule is CC(C)CCCC(C)NS(=O)(=O)c1ccc(CN)c(Cl)c1. The zero-order chi connectivity index (χ0) is 16.0. The second-order valence-electron chi connectivity index (χ2n) is 5.80. The smallest absolute Gasteiger partial charge is 0.240 e. The summed E-state index contributed by atoms with van der Waals surface area (Å²) in [5, 5.41) is 0.382. The summed E-state index contributed by atoms with van der Waals surface area (Å²) in [5.74, 6) is 0.636. The number of sulfonamides is 1. The van der Waals surface area contributed by atoms with Crippen molar-refractivity contribution in [2.75, 3.05) is 0 Å². The Hall–Kier alpha value is -0.620. The van der Waals surface area contributed by atoms with Crippen molar-refractivity contribution in [1.82, 2.24) is 4.72 Å². The first-order valence-corrected chi connectivity index (χ1v) is 9.13. The predicted octanol–water partition coefficient (Wildman–Crippen LogP) is 3.29. The van der Waals surface area contributed by atoms with E-state index < -0.39 is 10.0 Å². The maximum absolute atomic E-state index is 12.3. The molecule has 4 nitrogen and oxygen atoms in total. The lowest BCUT2D eigenvalue weighted by Crippen LogP contribution is -2.32. The van der Waals surface area contributed by atoms with Crippen LogP contribution >= 0.6 is 11.6 Å². The lowest BCUT2D eigenvalue weighted by atomic mass is 10.0. The van der Waals surface area contributed by atoms with Crippen molar-refractivity contribution in [1.29, 1.82) is 0 Å². The van der Waals surface area contributed by atoms with Crippen LogP contribution in [0.2, 0.25) is 5.02 Å². The van der Waals surface area contributed by atoms with Crippen LogP contribution in [-0.4, -0.2) is 14.5 Å². The zero-order valence-corrected chi connectivity index (χ0v) is 14.5. The Kier molecular flexibility index (Phi) is 7.13. The van der Waals surface area contributed by atoms with Crippen LogP contribution in [0.3, 0.4) is 0 Å². The van der Waals surface area contributed by atoms with Crippen LogP contribution < -0.4 is 10.5 Å². The average molecular weight is 333 g/mol. The zero-order valence-electron chi connectivity index (χ0n) is 12.9. The van der Waals surface area contributed by atoms with Gasteiger partial charge in [0.2, 0.25) is 10.0 Å². The van der Waals surface area contributed by atoms with E-state index in [0.717, 1.165) is 24.8 Å². The number of benzene rings is 1. The van der Waals surface area contributed by atoms with Gasteiger partial charge in [0.25, 0.3) is 0 Å². The summed E-state index contributed by atoms with van der Waals surface area (Å²) in [6, 6.07) is 4.55. The Labute approximate surface area is 133 Å². The lowest BCUT2D eigenvalue weighted by Gasteiger charge is -2.15. The molecule has 3 N–H and O–H groups in total. The molecule has 21 heavy (non-hydrogen) atoms. The minimum absolute atomic E-state index is 0.0956. The Balaban J connectivity index is 2.70. The van der Waals surface area contributed by atoms with Gasteiger partial charge in [-0.3, -0.25) is 0 Å². The van der Waals surface area contributed by atoms with E-state index in [1.807, 2.05) is 6.92 Å². The van der Waals surface area contributed by atoms with Crippen LogP contribution in [-0.2, 0) is 16.6 Å². The summed E-state index contributed by atoms with van der Waals surface area (Å²) >= 11 is 6.02. The Morgan fingerprint density at radius 1 is 1.24 bits per heavy atom. The first kappa shape index (κ1) is 18.4. The highest BCUT2D eigenvalue weighted by Crippen LogP contribution is 2.21. The minimum Gasteiger partial charge on any atom is -0.326 e. The third-order valence-electron chi connectivity index (χ3n) is 3.33. The van der Waals surface area contributed by atoms with Gasteiger partial charge in [0.1, 0.15) is 0 Å². The number of hydrogen-bond donors (Lipinski definition) is 2. The van der Waals surface area contributed by atoms with E-state index >= 15 is 0 Å². The summed E-state index contributed by atoms with van der Waals surface area (Å²) in [4.78, 5) is 0.181. The van der Waals surface area contributed by atoms with Gasteiger partial charge in [0.15, 0.2) is 0 Å². The molecule has 1 aromatic carbocycles. The van der Waals surface area contributed by atoms with Gasteiger partial charge in [0.05, 0.1) is 4.90 Å². The molecule has 0 aliphatic heterocycles. The van der Waals surface area contributed by atoms with E-state index in [4.69, 9.17) is 17.3 Å². The molecule has 1 atom stereocenters. The van der Waals surface area contributed by atoms with Gasteiger partial charge in [0, 0.05) is 17.6 Å². The van der Waals surface area contributed by atoms with E-state index in [9.17, 15) is 8.42 Å². The molecule has 0 aromatic heterocycles. The molecule has 0 saturated carbocycles. The molecular formula is C15H25ClN2O2S. The summed E-state index contributed by atoms with van der Waals surface area (Å²) in [6.07, 6.45) is 2.93. The van der Waals surface area contributed by atoms with Crippen molar-refractivity contribution < 1.29 is 8.42 Å². The maximum atomic E-state index is 12.3. The number of nitrogens with one attached hydrogen (secondary N) is 1. The van der Waals surface area contributed by atoms with Crippen LogP contribution in [0, 0.1) is 5.92 Å². The molecule has 120 valence electrons. The summed E-state index contributed by atoms with van der Waals surface area (Å²) in [5.41, 5.74) is 6.26. The predicted molar refractivity (Wildman–Crippen MR) is 87.8 cm³/mol. The highest BCUT2D eigenvalue weighted by atomic mass is 35.5. The number of halogens is 1. The van der Waals surface area contributed by atoms with E-state index in [-0.39, 0.29) is 17.5 Å². The second-order valence-corrected chi connectivity index (χ2v) is 7.93. The quantitative estimate of drug-likeness (QED) is 0.767. The minimum atomic E-state index is -3.53. The van der Waals surface area contributed by atoms with Crippen LogP contribution in [0.1, 0.15) is 45.6 Å². The standard InChI is InChI=1S/C15H25ClN2O2S/c1-11(2)5-4-6-12(3)18-21(19,20)14-8-7-13(10-17)15(16)9-14/h7-9,11-12,18H,4-6,10,17H2,1-3H3. The van der Waals surface area contributed by atoms with Gasteiger partial charge in [-0.05, 0) is 37.0 Å². The van der Waals surface area contributed by atoms with E-state index in [1.165, 1.54) is 12.1 Å². The van der Waals surface area contributed by atoms with Crippen molar-refractivity contribution in [2.24, 2.45) is 11.7 Å². The first-order chi connectivity index (χ1) is 9.76. The lowest BCUT2D eigenvalue weighted by molar-refractivity contribution is 0.488. The highest BCUT2D eigenvalue weighted by Gasteiger charge is 2.18. The molecule has 0 fully saturated rings. The second kappa shape index (κ2) is 8.13. The molecule has 1 unspecified atom stereocenters. The fourth-order valence-electron chi connectivity index (χ4n) is 2.08. The van der Waals surface area contributed by atoms with Crippen LogP contribution in [0.15, 0.2) is 23.1 Å². The van der Waals surface area contributed by atoms with Gasteiger partial charge in [-0.25, -0.2) is 13.1 Å². The van der Waals surface area contributed by atoms with E-state index in [0.29, 0.717) is 10.9 Å². The summed E-state index contributed by atoms with van der Waals surface area (Å²) in [7, 11) is -3.53. The highest BCUT2D eigenvalue weighted by molar-refractivity contribution is 7.89. The molecule has 0 amide bonds. The summed E-state index contributed by atoms with van der Waals surface area (Å²) in [6.45, 7) is 6.50. The molecule has 1 rings (SSSR count). The van der Waals surface area contributed by atoms with Gasteiger partial charge < -0.3 is 5.73 Å². The molecular weight excluding hydrogens is 308 g/mol. The molecule has 0 bridgehead atoms. The fourth-order valence-corrected chi connectivity index (χ4v) is 3.71. The maximum Gasteiger partial charge on any atom is 0.240 e. The van der Waals surface area contributed by atoms with Crippen molar-refractivity contribution in [3.05, 3.63) is 28.8 Å². The number of rotatable bonds is 8. The Bertz CT molecular complexity index is 559. The van der Waals surface area contributed by atoms with Crippen molar-refractivity contribution in [2.45, 2.75) is 57.5 Å². The normalized spacial score (nSPS) is 13.6. The van der Waals surface area contributed by atoms with Crippen LogP contribution in [0.5, 0.6) is 0 Å². The van der Waals surface area contributed by atoms with Crippen molar-refractivity contribution in [3.63, 3.8) is 0 Å². The first-order valence-electron chi connectivity index (χ1n) is 7.27. The van der Waals surface area contributed by atoms with Gasteiger partial charge in [-0.15, -0.1) is 0 Å². The molecule has 0 aliphatic rings. The molecule has 0 heterocycles. The fraction of sp³-hybridized carbons (Fsp3) is 0.600. The van der Waals surface area contributed by atoms with Gasteiger partial charge in [-0.1, -0.05) is 44.4 Å². The van der Waals surface area contributed by atoms with E-state index in [2.05, 4.69) is 18.6 Å². The monoisotopic (exact) mass is 332 g/mol. The Morgan fingerprint density at radius 2 is 1.90 bits per heavy atom. The van der Waals surface area contributed by atoms with Gasteiger partial charge in [-0.2, -0.15) is 0 Å². The van der Waals surface area contributed by atoms with Crippen LogP contribution in [0.25, 0.3) is 0 Å². The average Bonchev–Trinajstić information content (AvgIpc) is 2.37. The molecule has 0 aliphatic carbocycles. The van der Waals surface area contributed by atoms with Crippen molar-refractivity contribution >= 4 is 21.6 Å². The topological polar surface area (TPSA) is 72.2 Å². The molecule has 6 heteroatoms. The Morgan fingerprint density at radius 3 is 2.43 bits per heavy atom. The third-order valence-corrected chi connectivity index (χ3v) is 5.27. The molecule has 0 saturated heterocycles. The van der Waals surface area contributed by atoms with Crippen molar-refractivity contribution in [3.8, 4) is 0 Å².